The molecule has 3 heterocycles. The second kappa shape index (κ2) is 5.56. The number of ether oxygens (including phenoxy) is 1. The molecule has 1 N–H and O–H groups in total. The summed E-state index contributed by atoms with van der Waals surface area (Å²) >= 11 is 0. The normalized spacial score (nSPS) is 10.9. The third-order valence-electron chi connectivity index (χ3n) is 3.34. The van der Waals surface area contributed by atoms with Crippen molar-refractivity contribution < 1.29 is 19.0 Å². The molecule has 0 bridgehead atoms. The average molecular weight is 317 g/mol. The predicted octanol–water partition coefficient (Wildman–Crippen LogP) is 2.40. The number of nitrogens with zero attached hydrogens (tertiary/aromatic N) is 3. The van der Waals surface area contributed by atoms with E-state index in [0.717, 1.165) is 6.07 Å². The van der Waals surface area contributed by atoms with Crippen molar-refractivity contribution in [3.63, 3.8) is 0 Å². The molecule has 0 radical (unpaired) electrons. The number of carbonyl (C=O) groups is 1. The molecular weight excluding hydrogens is 305 g/mol. The van der Waals surface area contributed by atoms with Crippen LogP contribution in [0, 0.1) is 5.82 Å². The van der Waals surface area contributed by atoms with Gasteiger partial charge in [0.2, 0.25) is 5.43 Å². The maximum Gasteiger partial charge on any atom is 0.511 e. The van der Waals surface area contributed by atoms with Gasteiger partial charge in [0.15, 0.2) is 17.4 Å². The van der Waals surface area contributed by atoms with Crippen LogP contribution in [0.4, 0.5) is 9.18 Å². The Bertz CT molecular complexity index is 948. The van der Waals surface area contributed by atoms with Crippen molar-refractivity contribution in [3.8, 4) is 11.6 Å². The Kier molecular flexibility index (Phi) is 3.57. The summed E-state index contributed by atoms with van der Waals surface area (Å²) in [6, 6.07) is 4.49. The number of aromatic nitrogens is 3. The van der Waals surface area contributed by atoms with Crippen molar-refractivity contribution >= 4 is 17.2 Å². The van der Waals surface area contributed by atoms with Gasteiger partial charge in [0.1, 0.15) is 5.65 Å². The molecule has 3 rings (SSSR count). The molecular formula is C15H12FN3O4. The van der Waals surface area contributed by atoms with Crippen molar-refractivity contribution in [2.24, 2.45) is 0 Å². The highest BCUT2D eigenvalue weighted by atomic mass is 19.1. The van der Waals surface area contributed by atoms with E-state index in [-0.39, 0.29) is 22.6 Å². The molecule has 0 atom stereocenters. The van der Waals surface area contributed by atoms with E-state index in [1.807, 2.05) is 0 Å². The zero-order valence-corrected chi connectivity index (χ0v) is 12.1. The number of carboxylic acid groups (broad SMARTS) is 1. The van der Waals surface area contributed by atoms with E-state index in [4.69, 9.17) is 5.11 Å². The maximum atomic E-state index is 14.3. The third kappa shape index (κ3) is 2.54. The van der Waals surface area contributed by atoms with Crippen LogP contribution in [0.3, 0.4) is 0 Å². The number of hydrogen-bond acceptors (Lipinski definition) is 4. The highest BCUT2D eigenvalue weighted by Crippen LogP contribution is 2.19. The minimum Gasteiger partial charge on any atom is -0.449 e. The zero-order chi connectivity index (χ0) is 16.6. The smallest absolute Gasteiger partial charge is 0.449 e. The summed E-state index contributed by atoms with van der Waals surface area (Å²) in [7, 11) is 0. The van der Waals surface area contributed by atoms with Crippen LogP contribution in [0.15, 0.2) is 41.6 Å². The summed E-state index contributed by atoms with van der Waals surface area (Å²) in [6.07, 6.45) is 2.91. The molecule has 118 valence electrons. The van der Waals surface area contributed by atoms with Gasteiger partial charge in [-0.25, -0.2) is 14.2 Å². The molecule has 0 aromatic carbocycles. The topological polar surface area (TPSA) is 86.4 Å². The fraction of sp³-hybridized carbons (Fsp3) is 0.133. The van der Waals surface area contributed by atoms with Crippen molar-refractivity contribution in [1.82, 2.24) is 14.1 Å². The number of hydrogen-bond donors (Lipinski definition) is 1. The molecule has 0 fully saturated rings. The summed E-state index contributed by atoms with van der Waals surface area (Å²) < 4.78 is 21.8. The molecule has 0 spiro atoms. The van der Waals surface area contributed by atoms with E-state index in [1.165, 1.54) is 15.3 Å². The van der Waals surface area contributed by atoms with Gasteiger partial charge in [0.25, 0.3) is 0 Å². The van der Waals surface area contributed by atoms with Crippen LogP contribution in [-0.2, 0) is 6.54 Å². The maximum absolute atomic E-state index is 14.3. The molecule has 0 unspecified atom stereocenters. The first-order chi connectivity index (χ1) is 11.0. The van der Waals surface area contributed by atoms with Crippen LogP contribution in [-0.4, -0.2) is 25.4 Å². The van der Waals surface area contributed by atoms with Crippen LogP contribution in [0.5, 0.6) is 5.75 Å². The van der Waals surface area contributed by atoms with Crippen LogP contribution >= 0.6 is 0 Å². The van der Waals surface area contributed by atoms with Gasteiger partial charge < -0.3 is 19.0 Å². The fourth-order valence-electron chi connectivity index (χ4n) is 2.31. The molecule has 0 saturated heterocycles. The zero-order valence-electron chi connectivity index (χ0n) is 12.1. The molecule has 8 heteroatoms. The van der Waals surface area contributed by atoms with Crippen LogP contribution < -0.4 is 10.2 Å². The molecule has 7 nitrogen and oxygen atoms in total. The lowest BCUT2D eigenvalue weighted by atomic mass is 10.2. The Hall–Kier alpha value is -3.16. The second-order valence-electron chi connectivity index (χ2n) is 4.73. The molecule has 0 amide bonds. The Morgan fingerprint density at radius 2 is 2.09 bits per heavy atom. The lowest BCUT2D eigenvalue weighted by Gasteiger charge is -2.12. The highest BCUT2D eigenvalue weighted by molar-refractivity contribution is 5.78. The molecule has 3 aromatic heterocycles. The summed E-state index contributed by atoms with van der Waals surface area (Å²) in [6.45, 7) is 2.19. The second-order valence-corrected chi connectivity index (χ2v) is 4.73. The van der Waals surface area contributed by atoms with Crippen LogP contribution in [0.25, 0.3) is 16.9 Å². The first-order valence-corrected chi connectivity index (χ1v) is 6.79. The molecule has 3 aromatic rings. The Balaban J connectivity index is 2.32. The van der Waals surface area contributed by atoms with Crippen molar-refractivity contribution in [1.29, 1.82) is 0 Å². The number of halogens is 1. The molecule has 0 aliphatic carbocycles. The summed E-state index contributed by atoms with van der Waals surface area (Å²) in [5, 5.41) is 8.64. The molecule has 0 saturated carbocycles. The van der Waals surface area contributed by atoms with E-state index in [1.54, 1.807) is 31.5 Å². The Morgan fingerprint density at radius 1 is 1.39 bits per heavy atom. The van der Waals surface area contributed by atoms with E-state index >= 15 is 0 Å². The van der Waals surface area contributed by atoms with E-state index in [0.29, 0.717) is 6.54 Å². The number of pyridine rings is 2. The quantitative estimate of drug-likeness (QED) is 0.750. The van der Waals surface area contributed by atoms with E-state index in [2.05, 4.69) is 9.72 Å². The summed E-state index contributed by atoms with van der Waals surface area (Å²) in [5.74, 6) is -1.03. The minimum absolute atomic E-state index is 0.0426. The average Bonchev–Trinajstić information content (AvgIpc) is 3.03. The van der Waals surface area contributed by atoms with Gasteiger partial charge in [0, 0.05) is 18.9 Å². The number of rotatable bonds is 3. The first-order valence-electron chi connectivity index (χ1n) is 6.79. The van der Waals surface area contributed by atoms with Gasteiger partial charge in [-0.1, -0.05) is 0 Å². The lowest BCUT2D eigenvalue weighted by molar-refractivity contribution is 0.144. The third-order valence-corrected chi connectivity index (χ3v) is 3.34. The molecule has 0 aliphatic heterocycles. The van der Waals surface area contributed by atoms with Crippen molar-refractivity contribution in [2.75, 3.05) is 0 Å². The molecule has 23 heavy (non-hydrogen) atoms. The van der Waals surface area contributed by atoms with Crippen LogP contribution in [0.2, 0.25) is 0 Å². The summed E-state index contributed by atoms with van der Waals surface area (Å²) in [5.41, 5.74) is -0.474. The van der Waals surface area contributed by atoms with Crippen molar-refractivity contribution in [2.45, 2.75) is 13.5 Å². The van der Waals surface area contributed by atoms with Crippen molar-refractivity contribution in [3.05, 3.63) is 52.8 Å². The van der Waals surface area contributed by atoms with Gasteiger partial charge >= 0.3 is 6.16 Å². The number of fused-ring (bicyclic) bond motifs is 1. The lowest BCUT2D eigenvalue weighted by Crippen LogP contribution is -2.17. The van der Waals surface area contributed by atoms with Gasteiger partial charge in [-0.3, -0.25) is 4.79 Å². The number of aryl methyl sites for hydroxylation is 1. The first kappa shape index (κ1) is 14.8. The summed E-state index contributed by atoms with van der Waals surface area (Å²) in [4.78, 5) is 27.2. The minimum atomic E-state index is -1.61. The van der Waals surface area contributed by atoms with E-state index < -0.39 is 17.4 Å². The SMILES string of the molecule is CCn1cc(OC(=O)O)c(=O)c2cc(F)c(-n3cccc3)nc21. The Labute approximate surface area is 129 Å². The monoisotopic (exact) mass is 317 g/mol. The van der Waals surface area contributed by atoms with Gasteiger partial charge in [-0.2, -0.15) is 0 Å². The Morgan fingerprint density at radius 3 is 2.70 bits per heavy atom. The largest absolute Gasteiger partial charge is 0.511 e. The van der Waals surface area contributed by atoms with E-state index in [9.17, 15) is 14.0 Å². The van der Waals surface area contributed by atoms with Gasteiger partial charge in [-0.15, -0.1) is 0 Å². The molecule has 0 aliphatic rings. The fourth-order valence-corrected chi connectivity index (χ4v) is 2.31. The van der Waals surface area contributed by atoms with Gasteiger partial charge in [-0.05, 0) is 25.1 Å². The highest BCUT2D eigenvalue weighted by Gasteiger charge is 2.17. The van der Waals surface area contributed by atoms with Crippen LogP contribution in [0.1, 0.15) is 6.92 Å². The predicted molar refractivity (Wildman–Crippen MR) is 79.6 cm³/mol. The van der Waals surface area contributed by atoms with Gasteiger partial charge in [0.05, 0.1) is 11.6 Å². The standard InChI is InChI=1S/C15H12FN3O4/c1-2-18-8-11(23-15(21)22)12(20)9-7-10(16)14(17-13(9)18)19-5-3-4-6-19/h3-8H,2H2,1H3,(H,21,22).